The molecule has 0 aliphatic rings. The van der Waals surface area contributed by atoms with Crippen LogP contribution in [0.4, 0.5) is 11.4 Å². The van der Waals surface area contributed by atoms with Crippen LogP contribution in [-0.4, -0.2) is 25.6 Å². The summed E-state index contributed by atoms with van der Waals surface area (Å²) in [5.41, 5.74) is 0.139. The molecule has 7 nitrogen and oxygen atoms in total. The molecular weight excluding hydrogens is 258 g/mol. The fourth-order valence-corrected chi connectivity index (χ4v) is 2.26. The van der Waals surface area contributed by atoms with Gasteiger partial charge in [-0.2, -0.15) is 5.26 Å². The van der Waals surface area contributed by atoms with E-state index in [4.69, 9.17) is 5.26 Å². The second-order valence-electron chi connectivity index (χ2n) is 3.56. The van der Waals surface area contributed by atoms with E-state index in [0.717, 1.165) is 4.31 Å². The average molecular weight is 269 g/mol. The lowest BCUT2D eigenvalue weighted by Crippen LogP contribution is -2.33. The summed E-state index contributed by atoms with van der Waals surface area (Å²) in [5, 5.41) is 17.9. The molecule has 1 aromatic carbocycles. The van der Waals surface area contributed by atoms with Gasteiger partial charge in [0.05, 0.1) is 16.7 Å². The van der Waals surface area contributed by atoms with Gasteiger partial charge in [-0.25, -0.2) is 8.42 Å². The highest BCUT2D eigenvalue weighted by atomic mass is 32.2. The molecule has 0 saturated heterocycles. The summed E-state index contributed by atoms with van der Waals surface area (Å²) in [4.78, 5) is 9.89. The van der Waals surface area contributed by atoms with Gasteiger partial charge in [0.25, 0.3) is 15.7 Å². The highest BCUT2D eigenvalue weighted by Gasteiger charge is 2.26. The molecule has 0 amide bonds. The third-order valence-electron chi connectivity index (χ3n) is 2.43. The smallest absolute Gasteiger partial charge is 0.269 e. The Balaban J connectivity index is 3.09. The number of nitriles is 1. The topological polar surface area (TPSA) is 104 Å². The van der Waals surface area contributed by atoms with Gasteiger partial charge < -0.3 is 0 Å². The maximum Gasteiger partial charge on any atom is 0.269 e. The molecule has 18 heavy (non-hydrogen) atoms. The normalized spacial score (nSPS) is 12.5. The van der Waals surface area contributed by atoms with E-state index in [9.17, 15) is 18.5 Å². The Hall–Kier alpha value is -2.14. The zero-order chi connectivity index (χ0) is 13.9. The third kappa shape index (κ3) is 2.57. The molecule has 8 heteroatoms. The van der Waals surface area contributed by atoms with Crippen molar-refractivity contribution in [3.05, 3.63) is 34.4 Å². The molecule has 0 aliphatic carbocycles. The second-order valence-corrected chi connectivity index (χ2v) is 5.84. The second kappa shape index (κ2) is 5.01. The molecule has 1 aromatic rings. The largest absolute Gasteiger partial charge is 0.272 e. The van der Waals surface area contributed by atoms with Gasteiger partial charge >= 0.3 is 0 Å². The lowest BCUT2D eigenvalue weighted by atomic mass is 10.3. The number of sulfonamides is 1. The molecule has 0 spiro atoms. The lowest BCUT2D eigenvalue weighted by Gasteiger charge is -2.20. The maximum absolute atomic E-state index is 11.9. The first-order valence-electron chi connectivity index (χ1n) is 4.92. The average Bonchev–Trinajstić information content (AvgIpc) is 2.36. The van der Waals surface area contributed by atoms with E-state index < -0.39 is 20.2 Å². The summed E-state index contributed by atoms with van der Waals surface area (Å²) in [6.07, 6.45) is 0. The number of rotatable bonds is 4. The molecule has 0 saturated carbocycles. The van der Waals surface area contributed by atoms with Crippen molar-refractivity contribution in [1.82, 2.24) is 0 Å². The number of hydrogen-bond donors (Lipinski definition) is 0. The van der Waals surface area contributed by atoms with E-state index in [2.05, 4.69) is 0 Å². The molecule has 96 valence electrons. The Kier molecular flexibility index (Phi) is 3.88. The maximum atomic E-state index is 11.9. The van der Waals surface area contributed by atoms with Gasteiger partial charge in [-0.15, -0.1) is 0 Å². The van der Waals surface area contributed by atoms with Crippen LogP contribution in [0.2, 0.25) is 0 Å². The summed E-state index contributed by atoms with van der Waals surface area (Å²) in [6, 6.07) is 6.70. The van der Waals surface area contributed by atoms with Gasteiger partial charge in [-0.3, -0.25) is 14.4 Å². The standard InChI is InChI=1S/C10H11N3O4S/c1-8(7-11)18(16,17)12(2)9-3-5-10(6-4-9)13(14)15/h3-6,8H,1-2H3. The van der Waals surface area contributed by atoms with Crippen LogP contribution >= 0.6 is 0 Å². The van der Waals surface area contributed by atoms with E-state index in [1.54, 1.807) is 6.07 Å². The number of nitrogens with zero attached hydrogens (tertiary/aromatic N) is 3. The van der Waals surface area contributed by atoms with Gasteiger partial charge in [0, 0.05) is 19.2 Å². The fourth-order valence-electron chi connectivity index (χ4n) is 1.23. The molecular formula is C10H11N3O4S. The fraction of sp³-hybridized carbons (Fsp3) is 0.300. The van der Waals surface area contributed by atoms with Crippen LogP contribution in [0.1, 0.15) is 6.92 Å². The minimum Gasteiger partial charge on any atom is -0.272 e. The van der Waals surface area contributed by atoms with Crippen LogP contribution < -0.4 is 4.31 Å². The van der Waals surface area contributed by atoms with E-state index in [-0.39, 0.29) is 11.4 Å². The Bertz CT molecular complexity index is 589. The molecule has 0 bridgehead atoms. The van der Waals surface area contributed by atoms with Gasteiger partial charge in [0.2, 0.25) is 0 Å². The summed E-state index contributed by atoms with van der Waals surface area (Å²) < 4.78 is 24.6. The quantitative estimate of drug-likeness (QED) is 0.604. The van der Waals surface area contributed by atoms with Crippen molar-refractivity contribution in [1.29, 1.82) is 5.26 Å². The van der Waals surface area contributed by atoms with E-state index in [1.165, 1.54) is 38.2 Å². The van der Waals surface area contributed by atoms with Crippen LogP contribution in [0.3, 0.4) is 0 Å². The zero-order valence-corrected chi connectivity index (χ0v) is 10.6. The molecule has 1 unspecified atom stereocenters. The van der Waals surface area contributed by atoms with Crippen molar-refractivity contribution >= 4 is 21.4 Å². The summed E-state index contributed by atoms with van der Waals surface area (Å²) >= 11 is 0. The predicted octanol–water partition coefficient (Wildman–Crippen LogP) is 1.27. The van der Waals surface area contributed by atoms with Crippen molar-refractivity contribution < 1.29 is 13.3 Å². The number of nitro benzene ring substituents is 1. The van der Waals surface area contributed by atoms with E-state index in [1.807, 2.05) is 0 Å². The van der Waals surface area contributed by atoms with Crippen molar-refractivity contribution in [2.45, 2.75) is 12.2 Å². The molecule has 1 rings (SSSR count). The van der Waals surface area contributed by atoms with Gasteiger partial charge in [0.15, 0.2) is 5.25 Å². The van der Waals surface area contributed by atoms with Crippen molar-refractivity contribution in [2.75, 3.05) is 11.4 Å². The Labute approximate surface area is 104 Å². The van der Waals surface area contributed by atoms with Crippen LogP contribution in [0.5, 0.6) is 0 Å². The summed E-state index contributed by atoms with van der Waals surface area (Å²) in [7, 11) is -2.48. The lowest BCUT2D eigenvalue weighted by molar-refractivity contribution is -0.384. The van der Waals surface area contributed by atoms with Crippen molar-refractivity contribution in [3.63, 3.8) is 0 Å². The number of non-ortho nitro benzene ring substituents is 1. The SMILES string of the molecule is CC(C#N)S(=O)(=O)N(C)c1ccc([N+](=O)[O-])cc1. The first-order chi connectivity index (χ1) is 8.30. The summed E-state index contributed by atoms with van der Waals surface area (Å²) in [6.45, 7) is 1.28. The number of hydrogen-bond acceptors (Lipinski definition) is 5. The van der Waals surface area contributed by atoms with Gasteiger partial charge in [-0.05, 0) is 19.1 Å². The zero-order valence-electron chi connectivity index (χ0n) is 9.77. The van der Waals surface area contributed by atoms with Gasteiger partial charge in [-0.1, -0.05) is 0 Å². The predicted molar refractivity (Wildman–Crippen MR) is 65.5 cm³/mol. The van der Waals surface area contributed by atoms with Crippen molar-refractivity contribution in [3.8, 4) is 6.07 Å². The van der Waals surface area contributed by atoms with Crippen molar-refractivity contribution in [2.24, 2.45) is 0 Å². The molecule has 0 fully saturated rings. The van der Waals surface area contributed by atoms with Gasteiger partial charge in [0.1, 0.15) is 0 Å². The number of anilines is 1. The molecule has 0 N–H and O–H groups in total. The van der Waals surface area contributed by atoms with E-state index >= 15 is 0 Å². The highest BCUT2D eigenvalue weighted by Crippen LogP contribution is 2.22. The first-order valence-corrected chi connectivity index (χ1v) is 6.43. The Morgan fingerprint density at radius 2 is 1.89 bits per heavy atom. The Morgan fingerprint density at radius 1 is 1.39 bits per heavy atom. The molecule has 0 heterocycles. The third-order valence-corrected chi connectivity index (χ3v) is 4.41. The van der Waals surface area contributed by atoms with Crippen LogP contribution in [-0.2, 0) is 10.0 Å². The molecule has 0 aliphatic heterocycles. The minimum atomic E-state index is -3.77. The molecule has 0 aromatic heterocycles. The van der Waals surface area contributed by atoms with Crippen LogP contribution in [0, 0.1) is 21.4 Å². The molecule has 0 radical (unpaired) electrons. The van der Waals surface area contributed by atoms with E-state index in [0.29, 0.717) is 0 Å². The monoisotopic (exact) mass is 269 g/mol. The first kappa shape index (κ1) is 13.9. The highest BCUT2D eigenvalue weighted by molar-refractivity contribution is 7.93. The van der Waals surface area contributed by atoms with Crippen LogP contribution in [0.25, 0.3) is 0 Å². The minimum absolute atomic E-state index is 0.127. The number of benzene rings is 1. The number of nitro groups is 1. The van der Waals surface area contributed by atoms with Crippen LogP contribution in [0.15, 0.2) is 24.3 Å². The molecule has 1 atom stereocenters. The Morgan fingerprint density at radius 3 is 2.28 bits per heavy atom. The summed E-state index contributed by atoms with van der Waals surface area (Å²) in [5.74, 6) is 0.